The Hall–Kier alpha value is -3.57. The first-order chi connectivity index (χ1) is 17.1. The molecule has 36 heavy (non-hydrogen) atoms. The number of carbonyl (C=O) groups is 1. The number of anilines is 1. The number of hydrogen-bond donors (Lipinski definition) is 2. The number of likely N-dealkylation sites (tertiary alicyclic amines) is 1. The van der Waals surface area contributed by atoms with Gasteiger partial charge in [0.1, 0.15) is 11.7 Å². The van der Waals surface area contributed by atoms with Crippen molar-refractivity contribution < 1.29 is 18.0 Å². The van der Waals surface area contributed by atoms with Crippen LogP contribution >= 0.6 is 0 Å². The third-order valence-electron chi connectivity index (χ3n) is 6.39. The van der Waals surface area contributed by atoms with Gasteiger partial charge in [0.2, 0.25) is 5.91 Å². The lowest BCUT2D eigenvalue weighted by Crippen LogP contribution is -2.38. The van der Waals surface area contributed by atoms with Gasteiger partial charge in [-0.3, -0.25) is 14.1 Å². The molecule has 0 aliphatic carbocycles. The molecule has 4 heterocycles. The van der Waals surface area contributed by atoms with Crippen molar-refractivity contribution in [2.24, 2.45) is 11.7 Å². The summed E-state index contributed by atoms with van der Waals surface area (Å²) in [5.74, 6) is 0.0393. The number of carbonyl (C=O) groups excluding carboxylic acids is 1. The van der Waals surface area contributed by atoms with E-state index in [2.05, 4.69) is 20.5 Å². The molecule has 1 aromatic carbocycles. The van der Waals surface area contributed by atoms with Crippen LogP contribution in [0.15, 0.2) is 48.7 Å². The summed E-state index contributed by atoms with van der Waals surface area (Å²) in [5, 5.41) is 12.0. The summed E-state index contributed by atoms with van der Waals surface area (Å²) in [4.78, 5) is 18.1. The van der Waals surface area contributed by atoms with Crippen molar-refractivity contribution in [2.75, 3.05) is 18.4 Å². The Balaban J connectivity index is 1.54. The molecule has 0 saturated carbocycles. The van der Waals surface area contributed by atoms with Crippen molar-refractivity contribution in [1.82, 2.24) is 24.5 Å². The first-order valence-corrected chi connectivity index (χ1v) is 11.7. The largest absolute Gasteiger partial charge is 0.408 e. The van der Waals surface area contributed by atoms with Crippen LogP contribution in [0.3, 0.4) is 0 Å². The quantitative estimate of drug-likeness (QED) is 0.429. The number of rotatable bonds is 5. The van der Waals surface area contributed by atoms with Crippen LogP contribution < -0.4 is 11.1 Å². The van der Waals surface area contributed by atoms with Gasteiger partial charge >= 0.3 is 6.18 Å². The molecule has 1 saturated heterocycles. The predicted octanol–water partition coefficient (Wildman–Crippen LogP) is 4.18. The minimum Gasteiger partial charge on any atom is -0.326 e. The summed E-state index contributed by atoms with van der Waals surface area (Å²) in [6, 6.07) is 9.90. The van der Waals surface area contributed by atoms with Gasteiger partial charge < -0.3 is 11.1 Å². The van der Waals surface area contributed by atoms with Crippen LogP contribution in [0.25, 0.3) is 28.1 Å². The van der Waals surface area contributed by atoms with Crippen LogP contribution in [0.2, 0.25) is 0 Å². The molecule has 3 N–H and O–H groups in total. The maximum Gasteiger partial charge on any atom is 0.408 e. The molecule has 188 valence electrons. The Bertz CT molecular complexity index is 1430. The lowest BCUT2D eigenvalue weighted by atomic mass is 10.1. The third kappa shape index (κ3) is 4.63. The number of nitrogens with two attached hydrogens (primary N) is 1. The molecule has 11 heteroatoms. The average Bonchev–Trinajstić information content (AvgIpc) is 3.43. The normalized spacial score (nSPS) is 17.8. The highest BCUT2D eigenvalue weighted by atomic mass is 19.4. The van der Waals surface area contributed by atoms with Gasteiger partial charge in [0.05, 0.1) is 5.52 Å². The van der Waals surface area contributed by atoms with Gasteiger partial charge in [0.25, 0.3) is 0 Å². The molecule has 1 unspecified atom stereocenters. The first-order valence-electron chi connectivity index (χ1n) is 11.7. The number of halogens is 3. The summed E-state index contributed by atoms with van der Waals surface area (Å²) in [5.41, 5.74) is 8.06. The molecule has 4 aromatic rings. The molecular weight excluding hydrogens is 471 g/mol. The van der Waals surface area contributed by atoms with Crippen molar-refractivity contribution >= 4 is 28.1 Å². The molecule has 1 aliphatic heterocycles. The first kappa shape index (κ1) is 24.1. The number of benzene rings is 1. The number of hydrogen-bond acceptors (Lipinski definition) is 6. The van der Waals surface area contributed by atoms with Crippen molar-refractivity contribution in [3.05, 3.63) is 54.2 Å². The fraction of sp³-hybridized carbons (Fsp3) is 0.360. The van der Waals surface area contributed by atoms with Gasteiger partial charge in [0.15, 0.2) is 11.5 Å². The van der Waals surface area contributed by atoms with Crippen LogP contribution in [0.5, 0.6) is 0 Å². The van der Waals surface area contributed by atoms with Crippen LogP contribution in [0, 0.1) is 5.92 Å². The van der Waals surface area contributed by atoms with Crippen LogP contribution in [-0.2, 0) is 4.79 Å². The number of aromatic nitrogens is 4. The number of alkyl halides is 3. The van der Waals surface area contributed by atoms with Crippen LogP contribution in [0.1, 0.15) is 31.9 Å². The molecule has 0 spiro atoms. The van der Waals surface area contributed by atoms with E-state index in [1.54, 1.807) is 32.0 Å². The van der Waals surface area contributed by atoms with Crippen molar-refractivity contribution in [2.45, 2.75) is 38.5 Å². The Kier molecular flexibility index (Phi) is 6.13. The maximum absolute atomic E-state index is 14.1. The van der Waals surface area contributed by atoms with Gasteiger partial charge in [-0.05, 0) is 36.2 Å². The Morgan fingerprint density at radius 2 is 1.92 bits per heavy atom. The topological polar surface area (TPSA) is 101 Å². The SMILES string of the molecule is CC(C)C(=O)Nc1ccc2ccc(-c3nnc4ccc([C@@H](N5CCC(N)C5)C(F)(F)F)cn34)nc2c1. The summed E-state index contributed by atoms with van der Waals surface area (Å²) in [7, 11) is 0. The Morgan fingerprint density at radius 1 is 1.14 bits per heavy atom. The summed E-state index contributed by atoms with van der Waals surface area (Å²) < 4.78 is 43.9. The smallest absolute Gasteiger partial charge is 0.326 e. The molecule has 2 atom stereocenters. The third-order valence-corrected chi connectivity index (χ3v) is 6.39. The molecule has 8 nitrogen and oxygen atoms in total. The van der Waals surface area contributed by atoms with Crippen LogP contribution in [-0.4, -0.2) is 55.7 Å². The highest BCUT2D eigenvalue weighted by Gasteiger charge is 2.46. The van der Waals surface area contributed by atoms with Gasteiger partial charge in [-0.15, -0.1) is 10.2 Å². The molecule has 1 aliphatic rings. The highest BCUT2D eigenvalue weighted by molar-refractivity contribution is 5.94. The summed E-state index contributed by atoms with van der Waals surface area (Å²) in [6.07, 6.45) is -2.52. The van der Waals surface area contributed by atoms with E-state index >= 15 is 0 Å². The zero-order valence-corrected chi connectivity index (χ0v) is 19.8. The number of amides is 1. The standard InChI is InChI=1S/C25H26F3N7O/c1-14(2)24(36)30-18-6-3-15-4-7-19(31-20(15)11-18)23-33-32-21-8-5-16(12-35(21)23)22(25(26,27)28)34-10-9-17(29)13-34/h3-8,11-12,14,17,22H,9-10,13,29H2,1-2H3,(H,30,36)/t17?,22-/m1/s1. The zero-order chi connectivity index (χ0) is 25.6. The van der Waals surface area contributed by atoms with E-state index in [9.17, 15) is 18.0 Å². The minimum absolute atomic E-state index is 0.0876. The van der Waals surface area contributed by atoms with E-state index < -0.39 is 12.2 Å². The summed E-state index contributed by atoms with van der Waals surface area (Å²) >= 11 is 0. The molecule has 1 fully saturated rings. The maximum atomic E-state index is 14.1. The second-order valence-corrected chi connectivity index (χ2v) is 9.45. The van der Waals surface area contributed by atoms with E-state index in [4.69, 9.17) is 5.73 Å². The fourth-order valence-corrected chi connectivity index (χ4v) is 4.51. The van der Waals surface area contributed by atoms with Crippen molar-refractivity contribution in [1.29, 1.82) is 0 Å². The van der Waals surface area contributed by atoms with E-state index in [1.165, 1.54) is 27.6 Å². The van der Waals surface area contributed by atoms with E-state index in [1.807, 2.05) is 12.1 Å². The predicted molar refractivity (Wildman–Crippen MR) is 130 cm³/mol. The van der Waals surface area contributed by atoms with E-state index in [0.717, 1.165) is 5.39 Å². The number of fused-ring (bicyclic) bond motifs is 2. The molecule has 0 bridgehead atoms. The van der Waals surface area contributed by atoms with Crippen molar-refractivity contribution in [3.8, 4) is 11.5 Å². The Morgan fingerprint density at radius 3 is 2.61 bits per heavy atom. The van der Waals surface area contributed by atoms with Crippen LogP contribution in [0.4, 0.5) is 18.9 Å². The average molecular weight is 498 g/mol. The lowest BCUT2D eigenvalue weighted by Gasteiger charge is -2.30. The highest BCUT2D eigenvalue weighted by Crippen LogP contribution is 2.39. The molecule has 3 aromatic heterocycles. The van der Waals surface area contributed by atoms with Gasteiger partial charge in [-0.25, -0.2) is 4.98 Å². The fourth-order valence-electron chi connectivity index (χ4n) is 4.51. The molecule has 5 rings (SSSR count). The molecule has 0 radical (unpaired) electrons. The van der Waals surface area contributed by atoms with Crippen molar-refractivity contribution in [3.63, 3.8) is 0 Å². The molecule has 1 amide bonds. The second kappa shape index (κ2) is 9.14. The second-order valence-electron chi connectivity index (χ2n) is 9.45. The number of pyridine rings is 2. The monoisotopic (exact) mass is 497 g/mol. The number of nitrogens with zero attached hydrogens (tertiary/aromatic N) is 5. The minimum atomic E-state index is -4.47. The Labute approximate surface area is 205 Å². The van der Waals surface area contributed by atoms with E-state index in [0.29, 0.717) is 34.8 Å². The molecular formula is C25H26F3N7O. The summed E-state index contributed by atoms with van der Waals surface area (Å²) in [6.45, 7) is 4.07. The van der Waals surface area contributed by atoms with E-state index in [-0.39, 0.29) is 36.5 Å². The van der Waals surface area contributed by atoms with Gasteiger partial charge in [0, 0.05) is 42.3 Å². The van der Waals surface area contributed by atoms with Gasteiger partial charge in [-0.2, -0.15) is 13.2 Å². The van der Waals surface area contributed by atoms with Gasteiger partial charge in [-0.1, -0.05) is 32.0 Å². The number of nitrogens with one attached hydrogen (secondary N) is 1. The lowest BCUT2D eigenvalue weighted by molar-refractivity contribution is -0.183. The zero-order valence-electron chi connectivity index (χ0n) is 19.8.